The minimum Gasteiger partial charge on any atom is -0.481 e. The van der Waals surface area contributed by atoms with Crippen LogP contribution in [0.1, 0.15) is 38.2 Å². The lowest BCUT2D eigenvalue weighted by atomic mass is 9.99. The molecule has 2 aromatic rings. The topological polar surface area (TPSA) is 110 Å². The fraction of sp³-hybridized carbons (Fsp3) is 0.421. The van der Waals surface area contributed by atoms with E-state index in [1.165, 1.54) is 0 Å². The number of esters is 1. The molecule has 0 aliphatic carbocycles. The summed E-state index contributed by atoms with van der Waals surface area (Å²) in [4.78, 5) is 36.0. The van der Waals surface area contributed by atoms with Crippen molar-refractivity contribution in [3.63, 3.8) is 0 Å². The second-order valence-electron chi connectivity index (χ2n) is 6.34. The van der Waals surface area contributed by atoms with Crippen LogP contribution in [0.15, 0.2) is 37.5 Å². The third-order valence-corrected chi connectivity index (χ3v) is 4.40. The van der Waals surface area contributed by atoms with E-state index < -0.39 is 17.8 Å². The van der Waals surface area contributed by atoms with Crippen LogP contribution in [0.25, 0.3) is 11.2 Å². The highest BCUT2D eigenvalue weighted by Gasteiger charge is 2.24. The smallest absolute Gasteiger partial charge is 0.481 e. The molecule has 1 aromatic heterocycles. The number of nitrogens with zero attached hydrogens (tertiary/aromatic N) is 1. The molecule has 144 valence electrons. The molecule has 0 amide bonds. The second-order valence-corrected chi connectivity index (χ2v) is 6.34. The summed E-state index contributed by atoms with van der Waals surface area (Å²) in [5.74, 6) is -1.97. The van der Waals surface area contributed by atoms with Crippen LogP contribution >= 0.6 is 0 Å². The normalized spacial score (nSPS) is 13.4. The fourth-order valence-electron chi connectivity index (χ4n) is 3.07. The first-order valence-electron chi connectivity index (χ1n) is 8.90. The van der Waals surface area contributed by atoms with E-state index in [-0.39, 0.29) is 13.0 Å². The molecule has 8 heteroatoms. The largest absolute Gasteiger partial charge is 0.519 e. The van der Waals surface area contributed by atoms with Gasteiger partial charge < -0.3 is 23.6 Å². The van der Waals surface area contributed by atoms with Crippen LogP contribution in [0.3, 0.4) is 0 Å². The Bertz CT molecular complexity index is 937. The van der Waals surface area contributed by atoms with Crippen LogP contribution in [0.5, 0.6) is 0 Å². The highest BCUT2D eigenvalue weighted by Crippen LogP contribution is 2.33. The van der Waals surface area contributed by atoms with Crippen LogP contribution in [-0.4, -0.2) is 30.2 Å². The molecule has 1 aromatic carbocycles. The highest BCUT2D eigenvalue weighted by molar-refractivity contribution is 5.92. The van der Waals surface area contributed by atoms with Crippen molar-refractivity contribution < 1.29 is 28.3 Å². The van der Waals surface area contributed by atoms with Gasteiger partial charge in [0.05, 0.1) is 12.2 Å². The molecule has 27 heavy (non-hydrogen) atoms. The quantitative estimate of drug-likeness (QED) is 0.554. The molecule has 1 aliphatic rings. The van der Waals surface area contributed by atoms with Crippen LogP contribution < -0.4 is 10.7 Å². The number of hydrogen-bond acceptors (Lipinski definition) is 7. The van der Waals surface area contributed by atoms with Gasteiger partial charge in [-0.15, -0.1) is 0 Å². The number of carboxylic acid groups (broad SMARTS) is 1. The van der Waals surface area contributed by atoms with Crippen molar-refractivity contribution in [3.8, 4) is 0 Å². The summed E-state index contributed by atoms with van der Waals surface area (Å²) in [7, 11) is 0. The van der Waals surface area contributed by atoms with Crippen molar-refractivity contribution in [1.29, 1.82) is 0 Å². The molecule has 0 atom stereocenters. The zero-order chi connectivity index (χ0) is 19.4. The van der Waals surface area contributed by atoms with E-state index in [1.807, 2.05) is 11.8 Å². The number of rotatable bonds is 8. The van der Waals surface area contributed by atoms with Gasteiger partial charge in [-0.2, -0.15) is 0 Å². The number of carbonyl (C=O) groups excluding carboxylic acids is 1. The van der Waals surface area contributed by atoms with Crippen molar-refractivity contribution >= 4 is 28.8 Å². The Hall–Kier alpha value is -3.03. The number of benzene rings is 1. The lowest BCUT2D eigenvalue weighted by Gasteiger charge is -2.27. The van der Waals surface area contributed by atoms with Gasteiger partial charge in [-0.3, -0.25) is 4.79 Å². The van der Waals surface area contributed by atoms with Gasteiger partial charge >= 0.3 is 17.8 Å². The average molecular weight is 375 g/mol. The molecule has 0 radical (unpaired) electrons. The summed E-state index contributed by atoms with van der Waals surface area (Å²) in [6, 6.07) is 3.45. The van der Waals surface area contributed by atoms with E-state index in [0.29, 0.717) is 49.0 Å². The van der Waals surface area contributed by atoms with E-state index in [4.69, 9.17) is 18.7 Å². The van der Waals surface area contributed by atoms with Crippen LogP contribution in [0.2, 0.25) is 0 Å². The lowest BCUT2D eigenvalue weighted by Crippen LogP contribution is -2.25. The SMILES string of the molecule is CCN1C=C(C(=O)OCCCCCC(=O)O)Cc2cc3oc(=O)oc3cc21. The first-order chi connectivity index (χ1) is 13.0. The van der Waals surface area contributed by atoms with Crippen LogP contribution in [-0.2, 0) is 20.7 Å². The number of carbonyl (C=O) groups is 2. The molecular weight excluding hydrogens is 354 g/mol. The Morgan fingerprint density at radius 3 is 2.63 bits per heavy atom. The number of anilines is 1. The summed E-state index contributed by atoms with van der Waals surface area (Å²) in [6.45, 7) is 2.84. The van der Waals surface area contributed by atoms with Crippen molar-refractivity contribution in [2.75, 3.05) is 18.1 Å². The molecule has 1 N–H and O–H groups in total. The van der Waals surface area contributed by atoms with Gasteiger partial charge in [0.1, 0.15) is 0 Å². The zero-order valence-corrected chi connectivity index (χ0v) is 15.0. The molecule has 0 saturated carbocycles. The van der Waals surface area contributed by atoms with E-state index in [2.05, 4.69) is 0 Å². The summed E-state index contributed by atoms with van der Waals surface area (Å²) in [5.41, 5.74) is 2.95. The zero-order valence-electron chi connectivity index (χ0n) is 15.0. The fourth-order valence-corrected chi connectivity index (χ4v) is 3.07. The number of carboxylic acids is 1. The van der Waals surface area contributed by atoms with E-state index in [1.54, 1.807) is 18.3 Å². The van der Waals surface area contributed by atoms with E-state index >= 15 is 0 Å². The van der Waals surface area contributed by atoms with E-state index in [9.17, 15) is 14.4 Å². The minimum atomic E-state index is -0.819. The predicted molar refractivity (Wildman–Crippen MR) is 96.6 cm³/mol. The minimum absolute atomic E-state index is 0.125. The Morgan fingerprint density at radius 2 is 1.93 bits per heavy atom. The van der Waals surface area contributed by atoms with Crippen molar-refractivity contribution in [3.05, 3.63) is 40.1 Å². The molecular formula is C19H21NO7. The molecule has 0 bridgehead atoms. The van der Waals surface area contributed by atoms with Gasteiger partial charge in [-0.25, -0.2) is 9.59 Å². The van der Waals surface area contributed by atoms with Crippen molar-refractivity contribution in [2.24, 2.45) is 0 Å². The third-order valence-electron chi connectivity index (χ3n) is 4.40. The Morgan fingerprint density at radius 1 is 1.19 bits per heavy atom. The third kappa shape index (κ3) is 4.39. The Balaban J connectivity index is 1.64. The van der Waals surface area contributed by atoms with Gasteiger partial charge in [0.25, 0.3) is 0 Å². The molecule has 2 heterocycles. The van der Waals surface area contributed by atoms with Gasteiger partial charge in [-0.05, 0) is 37.8 Å². The number of fused-ring (bicyclic) bond motifs is 2. The number of hydrogen-bond donors (Lipinski definition) is 1. The Labute approximate surface area is 155 Å². The molecule has 0 fully saturated rings. The summed E-state index contributed by atoms with van der Waals surface area (Å²) < 4.78 is 15.3. The van der Waals surface area contributed by atoms with Gasteiger partial charge in [-0.1, -0.05) is 0 Å². The molecule has 3 rings (SSSR count). The summed E-state index contributed by atoms with van der Waals surface area (Å²) in [6.07, 6.45) is 4.13. The maximum Gasteiger partial charge on any atom is 0.519 e. The van der Waals surface area contributed by atoms with Gasteiger partial charge in [0.15, 0.2) is 11.2 Å². The molecule has 0 saturated heterocycles. The number of aliphatic carboxylic acids is 1. The Kier molecular flexibility index (Phi) is 5.63. The monoisotopic (exact) mass is 375 g/mol. The standard InChI is InChI=1S/C19H21NO7/c1-2-20-11-13(18(23)25-7-5-3-4-6-17(21)22)8-12-9-15-16(10-14(12)20)27-19(24)26-15/h9-11H,2-8H2,1H3,(H,21,22). The highest BCUT2D eigenvalue weighted by atomic mass is 16.6. The van der Waals surface area contributed by atoms with E-state index in [0.717, 1.165) is 11.3 Å². The number of unbranched alkanes of at least 4 members (excludes halogenated alkanes) is 2. The average Bonchev–Trinajstić information content (AvgIpc) is 3.00. The molecule has 1 aliphatic heterocycles. The van der Waals surface area contributed by atoms with Gasteiger partial charge in [0, 0.05) is 37.3 Å². The lowest BCUT2D eigenvalue weighted by molar-refractivity contribution is -0.140. The maximum absolute atomic E-state index is 12.4. The van der Waals surface area contributed by atoms with Crippen LogP contribution in [0, 0.1) is 0 Å². The van der Waals surface area contributed by atoms with Gasteiger partial charge in [0.2, 0.25) is 0 Å². The maximum atomic E-state index is 12.4. The first kappa shape index (κ1) is 18.8. The van der Waals surface area contributed by atoms with Crippen molar-refractivity contribution in [1.82, 2.24) is 0 Å². The second kappa shape index (κ2) is 8.11. The number of ether oxygens (including phenoxy) is 1. The predicted octanol–water partition coefficient (Wildman–Crippen LogP) is 2.84. The molecule has 0 spiro atoms. The molecule has 8 nitrogen and oxygen atoms in total. The van der Waals surface area contributed by atoms with Crippen molar-refractivity contribution in [2.45, 2.75) is 39.0 Å². The van der Waals surface area contributed by atoms with Crippen LogP contribution in [0.4, 0.5) is 5.69 Å². The summed E-state index contributed by atoms with van der Waals surface area (Å²) >= 11 is 0. The first-order valence-corrected chi connectivity index (χ1v) is 8.90. The molecule has 0 unspecified atom stereocenters. The summed E-state index contributed by atoms with van der Waals surface area (Å²) in [5, 5.41) is 8.60.